The van der Waals surface area contributed by atoms with E-state index >= 15 is 0 Å². The lowest BCUT2D eigenvalue weighted by molar-refractivity contribution is 0.161. The molecule has 3 atom stereocenters. The van der Waals surface area contributed by atoms with Gasteiger partial charge in [-0.1, -0.05) is 73.2 Å². The zero-order valence-corrected chi connectivity index (χ0v) is 18.0. The number of rotatable bonds is 6. The molecule has 1 saturated heterocycles. The van der Waals surface area contributed by atoms with Gasteiger partial charge in [-0.2, -0.15) is 0 Å². The summed E-state index contributed by atoms with van der Waals surface area (Å²) < 4.78 is 13.0. The van der Waals surface area contributed by atoms with Crippen molar-refractivity contribution in [1.82, 2.24) is 5.32 Å². The monoisotopic (exact) mass is 413 g/mol. The largest absolute Gasteiger partial charge is 0.486 e. The molecule has 0 saturated carbocycles. The van der Waals surface area contributed by atoms with Gasteiger partial charge >= 0.3 is 0 Å². The third kappa shape index (κ3) is 4.94. The van der Waals surface area contributed by atoms with Crippen molar-refractivity contribution >= 4 is 0 Å². The van der Waals surface area contributed by atoms with Crippen molar-refractivity contribution in [2.45, 2.75) is 56.8 Å². The molecule has 3 unspecified atom stereocenters. The molecular formula is C28H31NO2. The second kappa shape index (κ2) is 9.57. The molecule has 0 aromatic heterocycles. The van der Waals surface area contributed by atoms with Gasteiger partial charge < -0.3 is 14.8 Å². The number of aryl methyl sites for hydroxylation is 1. The molecule has 1 fully saturated rings. The summed E-state index contributed by atoms with van der Waals surface area (Å²) >= 11 is 0. The van der Waals surface area contributed by atoms with Gasteiger partial charge in [-0.15, -0.1) is 0 Å². The molecule has 5 rings (SSSR count). The maximum atomic E-state index is 6.59. The van der Waals surface area contributed by atoms with E-state index in [-0.39, 0.29) is 12.2 Å². The van der Waals surface area contributed by atoms with Gasteiger partial charge in [0, 0.05) is 18.5 Å². The lowest BCUT2D eigenvalue weighted by atomic mass is 9.95. The Labute approximate surface area is 185 Å². The van der Waals surface area contributed by atoms with Crippen LogP contribution in [-0.2, 0) is 6.42 Å². The maximum Gasteiger partial charge on any atom is 0.127 e. The highest BCUT2D eigenvalue weighted by molar-refractivity contribution is 5.43. The smallest absolute Gasteiger partial charge is 0.127 e. The van der Waals surface area contributed by atoms with E-state index in [1.807, 2.05) is 0 Å². The third-order valence-electron chi connectivity index (χ3n) is 6.52. The molecule has 0 bridgehead atoms. The summed E-state index contributed by atoms with van der Waals surface area (Å²) in [7, 11) is 0. The van der Waals surface area contributed by atoms with E-state index < -0.39 is 0 Å². The summed E-state index contributed by atoms with van der Waals surface area (Å²) in [5, 5.41) is 3.67. The first kappa shape index (κ1) is 20.1. The predicted molar refractivity (Wildman–Crippen MR) is 125 cm³/mol. The number of hydrogen-bond donors (Lipinski definition) is 1. The van der Waals surface area contributed by atoms with Crippen LogP contribution in [0.5, 0.6) is 11.5 Å². The van der Waals surface area contributed by atoms with Gasteiger partial charge in [0.05, 0.1) is 0 Å². The van der Waals surface area contributed by atoms with E-state index in [1.165, 1.54) is 36.0 Å². The normalized spacial score (nSPS) is 21.5. The second-order valence-corrected chi connectivity index (χ2v) is 8.73. The summed E-state index contributed by atoms with van der Waals surface area (Å²) in [5.41, 5.74) is 3.74. The summed E-state index contributed by atoms with van der Waals surface area (Å²) in [6.07, 6.45) is 6.96. The van der Waals surface area contributed by atoms with Crippen LogP contribution in [-0.4, -0.2) is 12.6 Å². The molecule has 2 aliphatic heterocycles. The van der Waals surface area contributed by atoms with Crippen LogP contribution in [0.15, 0.2) is 78.9 Å². The van der Waals surface area contributed by atoms with E-state index in [1.54, 1.807) is 0 Å². The van der Waals surface area contributed by atoms with Crippen LogP contribution >= 0.6 is 0 Å². The molecule has 3 aromatic rings. The van der Waals surface area contributed by atoms with E-state index in [0.717, 1.165) is 37.3 Å². The zero-order valence-electron chi connectivity index (χ0n) is 18.0. The number of fused-ring (bicyclic) bond motifs is 1. The summed E-state index contributed by atoms with van der Waals surface area (Å²) in [6.45, 7) is 1.11. The average molecular weight is 414 g/mol. The summed E-state index contributed by atoms with van der Waals surface area (Å²) in [6, 6.07) is 28.0. The summed E-state index contributed by atoms with van der Waals surface area (Å²) in [4.78, 5) is 0. The van der Waals surface area contributed by atoms with Crippen LogP contribution in [0.4, 0.5) is 0 Å². The first-order chi connectivity index (χ1) is 15.3. The number of benzene rings is 3. The molecule has 0 spiro atoms. The highest BCUT2D eigenvalue weighted by atomic mass is 16.5. The molecule has 0 aliphatic carbocycles. The predicted octanol–water partition coefficient (Wildman–Crippen LogP) is 6.41. The van der Waals surface area contributed by atoms with E-state index in [0.29, 0.717) is 6.04 Å². The quantitative estimate of drug-likeness (QED) is 0.507. The SMILES string of the molecule is c1ccc(C(CC2CCCCN2)Oc2ccc3c(c2)OC(c2ccccc2)CC3)cc1. The molecular weight excluding hydrogens is 382 g/mol. The highest BCUT2D eigenvalue weighted by Gasteiger charge is 2.24. The van der Waals surface area contributed by atoms with Gasteiger partial charge in [0.25, 0.3) is 0 Å². The number of hydrogen-bond acceptors (Lipinski definition) is 3. The standard InChI is InChI=1S/C28H31NO2/c1-3-9-21(10-4-1)26-17-15-23-14-16-25(20-28(23)31-26)30-27(22-11-5-2-6-12-22)19-24-13-7-8-18-29-24/h1-6,9-12,14,16,20,24,26-27,29H,7-8,13,15,17-19H2. The Morgan fingerprint density at radius 2 is 1.71 bits per heavy atom. The molecule has 2 heterocycles. The Balaban J connectivity index is 1.35. The Hall–Kier alpha value is -2.78. The molecule has 0 amide bonds. The van der Waals surface area contributed by atoms with Crippen molar-refractivity contribution in [3.8, 4) is 11.5 Å². The Kier molecular flexibility index (Phi) is 6.22. The molecule has 31 heavy (non-hydrogen) atoms. The molecule has 3 nitrogen and oxygen atoms in total. The average Bonchev–Trinajstić information content (AvgIpc) is 2.85. The van der Waals surface area contributed by atoms with Crippen molar-refractivity contribution < 1.29 is 9.47 Å². The van der Waals surface area contributed by atoms with Crippen molar-refractivity contribution in [1.29, 1.82) is 0 Å². The van der Waals surface area contributed by atoms with Gasteiger partial charge in [-0.05, 0) is 55.0 Å². The minimum atomic E-state index is 0.0309. The van der Waals surface area contributed by atoms with Gasteiger partial charge in [0.15, 0.2) is 0 Å². The molecule has 160 valence electrons. The van der Waals surface area contributed by atoms with E-state index in [9.17, 15) is 0 Å². The molecule has 3 heteroatoms. The first-order valence-corrected chi connectivity index (χ1v) is 11.6. The first-order valence-electron chi connectivity index (χ1n) is 11.6. The van der Waals surface area contributed by atoms with Crippen molar-refractivity contribution in [3.63, 3.8) is 0 Å². The van der Waals surface area contributed by atoms with Crippen LogP contribution in [0.3, 0.4) is 0 Å². The van der Waals surface area contributed by atoms with Gasteiger partial charge in [-0.3, -0.25) is 0 Å². The number of ether oxygens (including phenoxy) is 2. The maximum absolute atomic E-state index is 6.59. The fraction of sp³-hybridized carbons (Fsp3) is 0.357. The second-order valence-electron chi connectivity index (χ2n) is 8.73. The van der Waals surface area contributed by atoms with Crippen molar-refractivity contribution in [3.05, 3.63) is 95.6 Å². The van der Waals surface area contributed by atoms with Crippen molar-refractivity contribution in [2.24, 2.45) is 0 Å². The Morgan fingerprint density at radius 3 is 2.48 bits per heavy atom. The van der Waals surface area contributed by atoms with Gasteiger partial charge in [-0.25, -0.2) is 0 Å². The van der Waals surface area contributed by atoms with Crippen molar-refractivity contribution in [2.75, 3.05) is 6.54 Å². The summed E-state index contributed by atoms with van der Waals surface area (Å²) in [5.74, 6) is 1.84. The lowest BCUT2D eigenvalue weighted by Crippen LogP contribution is -2.36. The van der Waals surface area contributed by atoms with Gasteiger partial charge in [0.1, 0.15) is 23.7 Å². The minimum absolute atomic E-state index is 0.0309. The van der Waals surface area contributed by atoms with Crippen LogP contribution in [0.2, 0.25) is 0 Å². The van der Waals surface area contributed by atoms with Crippen LogP contribution in [0.1, 0.15) is 61.0 Å². The third-order valence-corrected chi connectivity index (χ3v) is 6.52. The van der Waals surface area contributed by atoms with Crippen LogP contribution in [0, 0.1) is 0 Å². The molecule has 1 N–H and O–H groups in total. The topological polar surface area (TPSA) is 30.5 Å². The number of piperidine rings is 1. The molecule has 0 radical (unpaired) electrons. The fourth-order valence-electron chi connectivity index (χ4n) is 4.79. The Morgan fingerprint density at radius 1 is 0.903 bits per heavy atom. The van der Waals surface area contributed by atoms with Crippen LogP contribution in [0.25, 0.3) is 0 Å². The highest BCUT2D eigenvalue weighted by Crippen LogP contribution is 2.38. The Bertz CT molecular complexity index is 967. The fourth-order valence-corrected chi connectivity index (χ4v) is 4.79. The van der Waals surface area contributed by atoms with Crippen LogP contribution < -0.4 is 14.8 Å². The van der Waals surface area contributed by atoms with Gasteiger partial charge in [0.2, 0.25) is 0 Å². The lowest BCUT2D eigenvalue weighted by Gasteiger charge is -2.30. The zero-order chi connectivity index (χ0) is 20.9. The number of nitrogens with one attached hydrogen (secondary N) is 1. The minimum Gasteiger partial charge on any atom is -0.486 e. The van der Waals surface area contributed by atoms with E-state index in [2.05, 4.69) is 84.2 Å². The van der Waals surface area contributed by atoms with E-state index in [4.69, 9.17) is 9.47 Å². The molecule has 3 aromatic carbocycles. The molecule has 2 aliphatic rings.